The number of halogens is 1. The fourth-order valence-corrected chi connectivity index (χ4v) is 3.77. The van der Waals surface area contributed by atoms with Gasteiger partial charge in [0.05, 0.1) is 11.0 Å². The van der Waals surface area contributed by atoms with E-state index in [1.165, 1.54) is 18.2 Å². The highest BCUT2D eigenvalue weighted by Gasteiger charge is 2.25. The molecule has 0 aromatic heterocycles. The first-order valence-electron chi connectivity index (χ1n) is 6.99. The fourth-order valence-electron chi connectivity index (χ4n) is 2.44. The molecule has 2 unspecified atom stereocenters. The van der Waals surface area contributed by atoms with Gasteiger partial charge in [-0.2, -0.15) is 0 Å². The second-order valence-electron chi connectivity index (χ2n) is 5.31. The molecule has 118 valence electrons. The summed E-state index contributed by atoms with van der Waals surface area (Å²) in [5.41, 5.74) is 0.334. The van der Waals surface area contributed by atoms with Crippen molar-refractivity contribution in [3.8, 4) is 0 Å². The van der Waals surface area contributed by atoms with Crippen LogP contribution in [0.3, 0.4) is 0 Å². The van der Waals surface area contributed by atoms with Crippen LogP contribution in [-0.4, -0.2) is 34.2 Å². The van der Waals surface area contributed by atoms with E-state index in [1.807, 2.05) is 6.92 Å². The van der Waals surface area contributed by atoms with E-state index in [0.29, 0.717) is 25.0 Å². The Morgan fingerprint density at radius 1 is 1.43 bits per heavy atom. The van der Waals surface area contributed by atoms with Gasteiger partial charge in [-0.25, -0.2) is 17.5 Å². The zero-order valence-corrected chi connectivity index (χ0v) is 13.0. The van der Waals surface area contributed by atoms with Crippen molar-refractivity contribution in [1.82, 2.24) is 10.0 Å². The van der Waals surface area contributed by atoms with Crippen molar-refractivity contribution >= 4 is 10.0 Å². The average molecular weight is 316 g/mol. The third kappa shape index (κ3) is 4.23. The van der Waals surface area contributed by atoms with Crippen molar-refractivity contribution in [2.45, 2.75) is 43.4 Å². The Labute approximate surface area is 124 Å². The number of benzene rings is 1. The Hall–Kier alpha value is -1.02. The van der Waals surface area contributed by atoms with Crippen molar-refractivity contribution < 1.29 is 17.5 Å². The van der Waals surface area contributed by atoms with Crippen LogP contribution in [0, 0.1) is 5.82 Å². The van der Waals surface area contributed by atoms with E-state index in [4.69, 9.17) is 4.74 Å². The lowest BCUT2D eigenvalue weighted by Crippen LogP contribution is -2.41. The van der Waals surface area contributed by atoms with Gasteiger partial charge >= 0.3 is 0 Å². The zero-order valence-electron chi connectivity index (χ0n) is 12.2. The molecule has 1 aromatic rings. The first kappa shape index (κ1) is 16.4. The highest BCUT2D eigenvalue weighted by Crippen LogP contribution is 2.19. The fraction of sp³-hybridized carbons (Fsp3) is 0.571. The largest absolute Gasteiger partial charge is 0.378 e. The van der Waals surface area contributed by atoms with Crippen LogP contribution >= 0.6 is 0 Å². The molecule has 7 heteroatoms. The first-order valence-corrected chi connectivity index (χ1v) is 8.47. The van der Waals surface area contributed by atoms with E-state index < -0.39 is 15.8 Å². The molecule has 21 heavy (non-hydrogen) atoms. The van der Waals surface area contributed by atoms with Gasteiger partial charge in [-0.15, -0.1) is 0 Å². The number of hydrogen-bond acceptors (Lipinski definition) is 4. The van der Waals surface area contributed by atoms with Gasteiger partial charge in [-0.3, -0.25) is 0 Å². The summed E-state index contributed by atoms with van der Waals surface area (Å²) in [6, 6.07) is 3.71. The van der Waals surface area contributed by atoms with E-state index in [9.17, 15) is 12.8 Å². The highest BCUT2D eigenvalue weighted by molar-refractivity contribution is 7.89. The molecule has 2 atom stereocenters. The predicted octanol–water partition coefficient (Wildman–Crippen LogP) is 1.39. The van der Waals surface area contributed by atoms with Crippen LogP contribution in [0.2, 0.25) is 0 Å². The van der Waals surface area contributed by atoms with Gasteiger partial charge in [-0.05, 0) is 45.0 Å². The quantitative estimate of drug-likeness (QED) is 0.861. The van der Waals surface area contributed by atoms with E-state index in [0.717, 1.165) is 0 Å². The molecular weight excluding hydrogens is 295 g/mol. The Morgan fingerprint density at radius 3 is 2.86 bits per heavy atom. The second-order valence-corrected chi connectivity index (χ2v) is 7.02. The van der Waals surface area contributed by atoms with E-state index in [1.54, 1.807) is 7.05 Å². The number of sulfonamides is 1. The summed E-state index contributed by atoms with van der Waals surface area (Å²) in [6.45, 7) is 2.75. The lowest BCUT2D eigenvalue weighted by Gasteiger charge is -2.27. The van der Waals surface area contributed by atoms with Gasteiger partial charge in [0.15, 0.2) is 0 Å². The van der Waals surface area contributed by atoms with Gasteiger partial charge in [0, 0.05) is 24.8 Å². The molecule has 1 heterocycles. The summed E-state index contributed by atoms with van der Waals surface area (Å²) in [5.74, 6) is -0.414. The number of hydrogen-bond donors (Lipinski definition) is 2. The summed E-state index contributed by atoms with van der Waals surface area (Å²) in [7, 11) is -1.96. The summed E-state index contributed by atoms with van der Waals surface area (Å²) >= 11 is 0. The monoisotopic (exact) mass is 316 g/mol. The molecule has 1 aliphatic heterocycles. The van der Waals surface area contributed by atoms with Crippen LogP contribution < -0.4 is 10.0 Å². The minimum absolute atomic E-state index is 0.0412. The molecule has 0 radical (unpaired) electrons. The van der Waals surface area contributed by atoms with Gasteiger partial charge in [0.25, 0.3) is 0 Å². The molecule has 0 aliphatic carbocycles. The van der Waals surface area contributed by atoms with Crippen LogP contribution in [0.5, 0.6) is 0 Å². The van der Waals surface area contributed by atoms with Gasteiger partial charge in [0.2, 0.25) is 10.0 Å². The third-order valence-electron chi connectivity index (χ3n) is 3.50. The van der Waals surface area contributed by atoms with Gasteiger partial charge < -0.3 is 10.1 Å². The van der Waals surface area contributed by atoms with Crippen LogP contribution in [0.25, 0.3) is 0 Å². The molecule has 1 fully saturated rings. The summed E-state index contributed by atoms with van der Waals surface area (Å²) < 4.78 is 46.4. The summed E-state index contributed by atoms with van der Waals surface area (Å²) in [6.07, 6.45) is 1.33. The minimum atomic E-state index is -3.64. The van der Waals surface area contributed by atoms with Gasteiger partial charge in [-0.1, -0.05) is 0 Å². The maximum atomic E-state index is 13.6. The first-order chi connectivity index (χ1) is 9.92. The molecule has 2 rings (SSSR count). The average Bonchev–Trinajstić information content (AvgIpc) is 2.41. The van der Waals surface area contributed by atoms with Crippen LogP contribution in [0.15, 0.2) is 23.1 Å². The number of nitrogens with one attached hydrogen (secondary N) is 2. The van der Waals surface area contributed by atoms with Crippen molar-refractivity contribution in [2.24, 2.45) is 0 Å². The summed E-state index contributed by atoms with van der Waals surface area (Å²) in [4.78, 5) is 0.0910. The normalized spacial score (nSPS) is 23.2. The molecule has 0 spiro atoms. The molecule has 5 nitrogen and oxygen atoms in total. The van der Waals surface area contributed by atoms with Crippen LogP contribution in [0.4, 0.5) is 4.39 Å². The molecule has 1 aliphatic rings. The SMILES string of the molecule is CNCc1cc(S(=O)(=O)NC2CCOC(C)C2)ccc1F. The van der Waals surface area contributed by atoms with Crippen LogP contribution in [-0.2, 0) is 21.3 Å². The smallest absolute Gasteiger partial charge is 0.240 e. The predicted molar refractivity (Wildman–Crippen MR) is 77.9 cm³/mol. The number of ether oxygens (including phenoxy) is 1. The molecular formula is C14H21FN2O3S. The van der Waals surface area contributed by atoms with Gasteiger partial charge in [0.1, 0.15) is 5.82 Å². The second kappa shape index (κ2) is 6.83. The van der Waals surface area contributed by atoms with E-state index in [-0.39, 0.29) is 23.6 Å². The third-order valence-corrected chi connectivity index (χ3v) is 5.02. The standard InChI is InChI=1S/C14H21FN2O3S/c1-10-7-12(5-6-20-10)17-21(18,19)13-3-4-14(15)11(8-13)9-16-2/h3-4,8,10,12,16-17H,5-7,9H2,1-2H3. The summed E-state index contributed by atoms with van der Waals surface area (Å²) in [5, 5.41) is 2.82. The Balaban J connectivity index is 2.17. The topological polar surface area (TPSA) is 67.4 Å². The van der Waals surface area contributed by atoms with Crippen LogP contribution in [0.1, 0.15) is 25.3 Å². The molecule has 1 saturated heterocycles. The molecule has 1 aromatic carbocycles. The lowest BCUT2D eigenvalue weighted by atomic mass is 10.1. The minimum Gasteiger partial charge on any atom is -0.378 e. The molecule has 0 amide bonds. The van der Waals surface area contributed by atoms with Crippen molar-refractivity contribution in [3.05, 3.63) is 29.6 Å². The van der Waals surface area contributed by atoms with E-state index in [2.05, 4.69) is 10.0 Å². The highest BCUT2D eigenvalue weighted by atomic mass is 32.2. The van der Waals surface area contributed by atoms with E-state index >= 15 is 0 Å². The van der Waals surface area contributed by atoms with Crippen molar-refractivity contribution in [3.63, 3.8) is 0 Å². The van der Waals surface area contributed by atoms with Crippen molar-refractivity contribution in [1.29, 1.82) is 0 Å². The Kier molecular flexibility index (Phi) is 5.32. The molecule has 2 N–H and O–H groups in total. The maximum absolute atomic E-state index is 13.6. The Bertz CT molecular complexity index is 592. The molecule has 0 bridgehead atoms. The molecule has 0 saturated carbocycles. The lowest BCUT2D eigenvalue weighted by molar-refractivity contribution is 0.0173. The number of rotatable bonds is 5. The Morgan fingerprint density at radius 2 is 2.19 bits per heavy atom. The zero-order chi connectivity index (χ0) is 15.5. The maximum Gasteiger partial charge on any atom is 0.240 e. The van der Waals surface area contributed by atoms with Crippen molar-refractivity contribution in [2.75, 3.05) is 13.7 Å².